The Morgan fingerprint density at radius 2 is 1.85 bits per heavy atom. The van der Waals surface area contributed by atoms with E-state index in [-0.39, 0.29) is 23.2 Å². The second kappa shape index (κ2) is 10.5. The fraction of sp³-hybridized carbons (Fsp3) is 0.533. The molecule has 0 aliphatic carbocycles. The number of fused-ring (bicyclic) bond motifs is 1. The molecule has 1 saturated heterocycles. The number of rotatable bonds is 4. The average molecular weight is 533 g/mol. The molecule has 1 aliphatic rings. The molecule has 0 radical (unpaired) electrons. The van der Waals surface area contributed by atoms with Gasteiger partial charge in [0.1, 0.15) is 5.60 Å². The van der Waals surface area contributed by atoms with Crippen molar-refractivity contribution in [1.82, 2.24) is 23.9 Å². The number of hydrogen-bond donors (Lipinski definition) is 0. The van der Waals surface area contributed by atoms with Gasteiger partial charge in [-0.15, -0.1) is 0 Å². The Bertz CT molecular complexity index is 1480. The number of nitriles is 1. The van der Waals surface area contributed by atoms with Gasteiger partial charge in [0.2, 0.25) is 0 Å². The molecule has 4 rings (SSSR count). The van der Waals surface area contributed by atoms with Crippen LogP contribution in [-0.2, 0) is 24.9 Å². The normalized spacial score (nSPS) is 16.9. The number of aryl methyl sites for hydroxylation is 1. The summed E-state index contributed by atoms with van der Waals surface area (Å²) in [5.41, 5.74) is 3.70. The highest BCUT2D eigenvalue weighted by atomic mass is 16.6. The SMILES string of the molecule is C[C@@H]1CN(C(=O)OC(C)(C)C)CCN1Cc1ccc(C#N)c(-c2ccc3c(n2)n(C)c(=O)n3CC(C)(C)C)c1. The summed E-state index contributed by atoms with van der Waals surface area (Å²) in [6.45, 7) is 17.2. The van der Waals surface area contributed by atoms with E-state index in [1.165, 1.54) is 0 Å². The number of hydrogen-bond acceptors (Lipinski definition) is 6. The Balaban J connectivity index is 1.59. The summed E-state index contributed by atoms with van der Waals surface area (Å²) in [7, 11) is 1.74. The van der Waals surface area contributed by atoms with Crippen molar-refractivity contribution in [2.45, 2.75) is 73.2 Å². The molecular weight excluding hydrogens is 492 g/mol. The van der Waals surface area contributed by atoms with E-state index in [4.69, 9.17) is 9.72 Å². The molecular formula is C30H40N6O3. The molecule has 0 saturated carbocycles. The van der Waals surface area contributed by atoms with Crippen molar-refractivity contribution < 1.29 is 9.53 Å². The number of piperazine rings is 1. The van der Waals surface area contributed by atoms with Crippen molar-refractivity contribution in [3.05, 3.63) is 51.9 Å². The second-order valence-electron chi connectivity index (χ2n) is 12.8. The molecule has 1 fully saturated rings. The Morgan fingerprint density at radius 1 is 1.13 bits per heavy atom. The van der Waals surface area contributed by atoms with Crippen LogP contribution in [0.2, 0.25) is 0 Å². The summed E-state index contributed by atoms with van der Waals surface area (Å²) in [6.07, 6.45) is -0.276. The van der Waals surface area contributed by atoms with Gasteiger partial charge >= 0.3 is 11.8 Å². The zero-order valence-corrected chi connectivity index (χ0v) is 24.4. The van der Waals surface area contributed by atoms with Crippen LogP contribution >= 0.6 is 0 Å². The minimum Gasteiger partial charge on any atom is -0.444 e. The number of amides is 1. The van der Waals surface area contributed by atoms with E-state index < -0.39 is 5.60 Å². The number of carbonyl (C=O) groups excluding carboxylic acids is 1. The minimum absolute atomic E-state index is 0.0609. The number of nitrogens with zero attached hydrogens (tertiary/aromatic N) is 6. The summed E-state index contributed by atoms with van der Waals surface area (Å²) in [5, 5.41) is 9.84. The van der Waals surface area contributed by atoms with Crippen molar-refractivity contribution in [3.63, 3.8) is 0 Å². The predicted molar refractivity (Wildman–Crippen MR) is 152 cm³/mol. The van der Waals surface area contributed by atoms with Gasteiger partial charge in [0.15, 0.2) is 5.65 Å². The number of imidazole rings is 1. The first-order chi connectivity index (χ1) is 18.2. The molecule has 3 heterocycles. The Kier molecular flexibility index (Phi) is 7.63. The third-order valence-corrected chi connectivity index (χ3v) is 6.90. The van der Waals surface area contributed by atoms with Crippen LogP contribution < -0.4 is 5.69 Å². The molecule has 1 amide bonds. The highest BCUT2D eigenvalue weighted by Gasteiger charge is 2.30. The molecule has 9 nitrogen and oxygen atoms in total. The van der Waals surface area contributed by atoms with Gasteiger partial charge < -0.3 is 9.64 Å². The lowest BCUT2D eigenvalue weighted by atomic mass is 9.97. The third-order valence-electron chi connectivity index (χ3n) is 6.90. The van der Waals surface area contributed by atoms with E-state index in [1.807, 2.05) is 51.1 Å². The summed E-state index contributed by atoms with van der Waals surface area (Å²) < 4.78 is 8.89. The van der Waals surface area contributed by atoms with Crippen LogP contribution in [-0.4, -0.2) is 61.3 Å². The first kappa shape index (κ1) is 28.4. The molecule has 0 spiro atoms. The van der Waals surface area contributed by atoms with Gasteiger partial charge in [-0.3, -0.25) is 14.0 Å². The summed E-state index contributed by atoms with van der Waals surface area (Å²) in [5.74, 6) is 0. The molecule has 0 bridgehead atoms. The fourth-order valence-corrected chi connectivity index (χ4v) is 5.01. The van der Waals surface area contributed by atoms with E-state index in [9.17, 15) is 14.9 Å². The lowest BCUT2D eigenvalue weighted by molar-refractivity contribution is 0.00461. The number of pyridine rings is 1. The van der Waals surface area contributed by atoms with Crippen LogP contribution in [0, 0.1) is 16.7 Å². The van der Waals surface area contributed by atoms with Gasteiger partial charge in [0.05, 0.1) is 22.8 Å². The summed E-state index contributed by atoms with van der Waals surface area (Å²) >= 11 is 0. The standard InChI is InChI=1S/C30H40N6O3/c1-20-17-35(28(38)39-30(5,6)7)14-13-34(20)18-21-9-10-22(16-31)23(15-21)24-11-12-25-26(32-24)33(8)27(37)36(25)19-29(2,3)4/h9-12,15,20H,13-14,17-19H2,1-8H3/t20-/m1/s1. The molecule has 1 aliphatic heterocycles. The smallest absolute Gasteiger partial charge is 0.410 e. The van der Waals surface area contributed by atoms with Gasteiger partial charge in [-0.1, -0.05) is 26.8 Å². The number of aromatic nitrogens is 3. The van der Waals surface area contributed by atoms with Gasteiger partial charge in [0, 0.05) is 51.4 Å². The van der Waals surface area contributed by atoms with Crippen LogP contribution in [0.1, 0.15) is 59.6 Å². The van der Waals surface area contributed by atoms with Gasteiger partial charge in [-0.2, -0.15) is 5.26 Å². The highest BCUT2D eigenvalue weighted by Crippen LogP contribution is 2.27. The van der Waals surface area contributed by atoms with Gasteiger partial charge in [-0.25, -0.2) is 14.6 Å². The van der Waals surface area contributed by atoms with Crippen LogP contribution in [0.25, 0.3) is 22.4 Å². The molecule has 0 unspecified atom stereocenters. The Labute approximate surface area is 230 Å². The van der Waals surface area contributed by atoms with Crippen LogP contribution in [0.5, 0.6) is 0 Å². The molecule has 2 aromatic heterocycles. The molecule has 1 atom stereocenters. The van der Waals surface area contributed by atoms with Crippen molar-refractivity contribution in [1.29, 1.82) is 5.26 Å². The van der Waals surface area contributed by atoms with Crippen molar-refractivity contribution in [2.24, 2.45) is 12.5 Å². The Hall–Kier alpha value is -3.64. The van der Waals surface area contributed by atoms with Crippen molar-refractivity contribution in [3.8, 4) is 17.3 Å². The van der Waals surface area contributed by atoms with E-state index in [0.29, 0.717) is 43.1 Å². The van der Waals surface area contributed by atoms with Crippen molar-refractivity contribution >= 4 is 17.3 Å². The van der Waals surface area contributed by atoms with Gasteiger partial charge in [0.25, 0.3) is 0 Å². The molecule has 0 N–H and O–H groups in total. The monoisotopic (exact) mass is 532 g/mol. The van der Waals surface area contributed by atoms with E-state index in [2.05, 4.69) is 38.7 Å². The summed E-state index contributed by atoms with van der Waals surface area (Å²) in [6, 6.07) is 12.1. The van der Waals surface area contributed by atoms with Crippen LogP contribution in [0.3, 0.4) is 0 Å². The topological polar surface area (TPSA) is 96.4 Å². The average Bonchev–Trinajstić information content (AvgIpc) is 3.07. The summed E-state index contributed by atoms with van der Waals surface area (Å²) in [4.78, 5) is 34.4. The maximum absolute atomic E-state index is 13.0. The zero-order chi connectivity index (χ0) is 28.7. The highest BCUT2D eigenvalue weighted by molar-refractivity contribution is 5.78. The quantitative estimate of drug-likeness (QED) is 0.481. The lowest BCUT2D eigenvalue weighted by Crippen LogP contribution is -2.54. The molecule has 39 heavy (non-hydrogen) atoms. The maximum atomic E-state index is 13.0. The van der Waals surface area contributed by atoms with Crippen LogP contribution in [0.4, 0.5) is 4.79 Å². The van der Waals surface area contributed by atoms with Crippen LogP contribution in [0.15, 0.2) is 35.1 Å². The maximum Gasteiger partial charge on any atom is 0.410 e. The van der Waals surface area contributed by atoms with E-state index in [0.717, 1.165) is 23.2 Å². The van der Waals surface area contributed by atoms with E-state index in [1.54, 1.807) is 21.1 Å². The largest absolute Gasteiger partial charge is 0.444 e. The first-order valence-corrected chi connectivity index (χ1v) is 13.5. The molecule has 1 aromatic carbocycles. The third kappa shape index (κ3) is 6.34. The molecule has 3 aromatic rings. The molecule has 208 valence electrons. The Morgan fingerprint density at radius 3 is 2.46 bits per heavy atom. The minimum atomic E-state index is -0.519. The fourth-order valence-electron chi connectivity index (χ4n) is 5.01. The predicted octanol–water partition coefficient (Wildman–Crippen LogP) is 4.76. The number of benzene rings is 1. The zero-order valence-electron chi connectivity index (χ0n) is 24.4. The van der Waals surface area contributed by atoms with E-state index >= 15 is 0 Å². The van der Waals surface area contributed by atoms with Gasteiger partial charge in [-0.05, 0) is 62.9 Å². The first-order valence-electron chi connectivity index (χ1n) is 13.5. The molecule has 9 heteroatoms. The number of ether oxygens (including phenoxy) is 1. The lowest BCUT2D eigenvalue weighted by Gasteiger charge is -2.40. The van der Waals surface area contributed by atoms with Crippen molar-refractivity contribution in [2.75, 3.05) is 19.6 Å². The number of carbonyl (C=O) groups is 1. The second-order valence-corrected chi connectivity index (χ2v) is 12.8.